The molecule has 1 amide bonds. The number of nitrogens with zero attached hydrogens (tertiary/aromatic N) is 2. The number of carbonyl (C=O) groups is 1. The van der Waals surface area contributed by atoms with E-state index < -0.39 is 62.5 Å². The number of benzene rings is 3. The SMILES string of the molecule is Cc1ccc(N=Nc2c(S(=O)(=O)O)cc3cc(NC(=O)C4CC5CC4C(S(=O)(=O)CCCl)C5)ccc3c2O)c(S(=O)(=O)O)c1.[Na].[Na]. The first kappa shape index (κ1) is 39.3. The molecule has 2 aliphatic carbocycles. The van der Waals surface area contributed by atoms with Crippen LogP contribution in [0.1, 0.15) is 24.8 Å². The number of nitrogens with one attached hydrogen (secondary N) is 1. The van der Waals surface area contributed by atoms with Gasteiger partial charge in [-0.15, -0.1) is 21.8 Å². The first-order valence-electron chi connectivity index (χ1n) is 13.3. The number of sulfone groups is 1. The third-order valence-corrected chi connectivity index (χ3v) is 12.6. The normalized spacial score (nSPS) is 21.2. The van der Waals surface area contributed by atoms with Crippen molar-refractivity contribution in [3.8, 4) is 5.75 Å². The summed E-state index contributed by atoms with van der Waals surface area (Å²) >= 11 is 5.68. The number of hydrogen-bond donors (Lipinski definition) is 4. The van der Waals surface area contributed by atoms with Crippen molar-refractivity contribution in [1.82, 2.24) is 0 Å². The van der Waals surface area contributed by atoms with Gasteiger partial charge in [-0.05, 0) is 85.4 Å². The smallest absolute Gasteiger partial charge is 0.296 e. The van der Waals surface area contributed by atoms with E-state index in [-0.39, 0.29) is 111 Å². The summed E-state index contributed by atoms with van der Waals surface area (Å²) in [5.74, 6) is -2.06. The van der Waals surface area contributed by atoms with Crippen LogP contribution < -0.4 is 5.32 Å². The number of aryl methyl sites for hydroxylation is 1. The number of phenolic OH excluding ortho intramolecular Hbond substituents is 1. The van der Waals surface area contributed by atoms with Gasteiger partial charge in [-0.1, -0.05) is 6.07 Å². The number of halogens is 1. The number of alkyl halides is 1. The molecular formula is C27H28ClN3Na2O10S3. The van der Waals surface area contributed by atoms with Crippen molar-refractivity contribution in [2.75, 3.05) is 16.9 Å². The van der Waals surface area contributed by atoms with Crippen LogP contribution in [-0.4, -0.2) is 121 Å². The molecule has 4 N–H and O–H groups in total. The molecule has 0 saturated heterocycles. The van der Waals surface area contributed by atoms with E-state index in [0.29, 0.717) is 24.8 Å². The Bertz CT molecular complexity index is 2040. The van der Waals surface area contributed by atoms with Crippen molar-refractivity contribution >= 4 is 135 Å². The van der Waals surface area contributed by atoms with E-state index in [4.69, 9.17) is 11.6 Å². The number of rotatable bonds is 9. The Morgan fingerprint density at radius 1 is 0.913 bits per heavy atom. The van der Waals surface area contributed by atoms with Crippen LogP contribution in [0.25, 0.3) is 10.8 Å². The molecule has 2 saturated carbocycles. The van der Waals surface area contributed by atoms with Gasteiger partial charge in [0.15, 0.2) is 15.6 Å². The third kappa shape index (κ3) is 8.17. The molecule has 19 heteroatoms. The number of amides is 1. The van der Waals surface area contributed by atoms with Gasteiger partial charge in [-0.25, -0.2) is 8.42 Å². The minimum absolute atomic E-state index is 0. The number of aromatic hydroxyl groups is 1. The molecule has 2 fully saturated rings. The largest absolute Gasteiger partial charge is 0.505 e. The van der Waals surface area contributed by atoms with Crippen molar-refractivity contribution in [3.63, 3.8) is 0 Å². The van der Waals surface area contributed by atoms with Crippen LogP contribution in [0.3, 0.4) is 0 Å². The van der Waals surface area contributed by atoms with Gasteiger partial charge in [-0.2, -0.15) is 16.8 Å². The number of carbonyl (C=O) groups excluding carboxylic acids is 1. The topological polar surface area (TPSA) is 217 Å². The summed E-state index contributed by atoms with van der Waals surface area (Å²) in [6.45, 7) is 1.57. The second-order valence-electron chi connectivity index (χ2n) is 11.1. The standard InChI is InChI=1S/C27H28ClN3O10S3.2Na/c1-14-2-5-21(23(8-14)43(36,37)38)30-31-25-24(44(39,40)41)13-16-12-17(3-4-18(16)26(25)32)29-27(33)20-10-15-9-19(20)22(11-15)42(34,35)7-6-28;;/h2-5,8,12-13,15,19-20,22,32H,6-7,9-11H2,1H3,(H,29,33)(H,36,37,38)(H,39,40,41);;. The molecule has 0 heterocycles. The first-order chi connectivity index (χ1) is 20.5. The van der Waals surface area contributed by atoms with Crippen molar-refractivity contribution in [1.29, 1.82) is 0 Å². The minimum atomic E-state index is -5.01. The van der Waals surface area contributed by atoms with Crippen LogP contribution in [0.15, 0.2) is 62.5 Å². The fourth-order valence-electron chi connectivity index (χ4n) is 6.23. The van der Waals surface area contributed by atoms with Crippen LogP contribution in [-0.2, 0) is 34.9 Å². The maximum atomic E-state index is 13.3. The van der Waals surface area contributed by atoms with E-state index in [1.54, 1.807) is 6.92 Å². The molecule has 5 rings (SSSR count). The van der Waals surface area contributed by atoms with Crippen LogP contribution in [0.5, 0.6) is 5.75 Å². The minimum Gasteiger partial charge on any atom is -0.505 e. The Kier molecular flexibility index (Phi) is 12.6. The van der Waals surface area contributed by atoms with E-state index >= 15 is 0 Å². The van der Waals surface area contributed by atoms with Crippen LogP contribution >= 0.6 is 11.6 Å². The zero-order valence-electron chi connectivity index (χ0n) is 25.1. The average Bonchev–Trinajstić information content (AvgIpc) is 3.54. The molecule has 2 bridgehead atoms. The van der Waals surface area contributed by atoms with Crippen molar-refractivity contribution in [2.45, 2.75) is 41.2 Å². The molecule has 238 valence electrons. The number of hydrogen-bond acceptors (Lipinski definition) is 10. The monoisotopic (exact) mass is 731 g/mol. The quantitative estimate of drug-likeness (QED) is 0.107. The number of phenols is 1. The summed E-state index contributed by atoms with van der Waals surface area (Å²) in [5, 5.41) is 20.7. The Labute approximate surface area is 315 Å². The second kappa shape index (κ2) is 14.8. The molecule has 2 aliphatic rings. The van der Waals surface area contributed by atoms with Gasteiger partial charge < -0.3 is 10.4 Å². The molecule has 4 unspecified atom stereocenters. The van der Waals surface area contributed by atoms with Gasteiger partial charge in [0, 0.05) is 82.0 Å². The number of fused-ring (bicyclic) bond motifs is 3. The predicted octanol–water partition coefficient (Wildman–Crippen LogP) is 4.01. The molecule has 3 aromatic rings. The van der Waals surface area contributed by atoms with E-state index in [1.807, 2.05) is 0 Å². The molecule has 0 spiro atoms. The molecule has 0 aliphatic heterocycles. The molecule has 2 radical (unpaired) electrons. The van der Waals surface area contributed by atoms with Crippen molar-refractivity contribution in [3.05, 3.63) is 48.0 Å². The maximum absolute atomic E-state index is 13.3. The number of anilines is 1. The van der Waals surface area contributed by atoms with Gasteiger partial charge >= 0.3 is 0 Å². The summed E-state index contributed by atoms with van der Waals surface area (Å²) in [6, 6.07) is 9.00. The number of azo groups is 1. The molecule has 3 aromatic carbocycles. The summed E-state index contributed by atoms with van der Waals surface area (Å²) in [7, 11) is -13.2. The van der Waals surface area contributed by atoms with Crippen LogP contribution in [0.2, 0.25) is 0 Å². The molecule has 13 nitrogen and oxygen atoms in total. The van der Waals surface area contributed by atoms with E-state index in [2.05, 4.69) is 15.5 Å². The Morgan fingerprint density at radius 3 is 2.20 bits per heavy atom. The molecule has 0 aromatic heterocycles. The molecule has 4 atom stereocenters. The summed E-state index contributed by atoms with van der Waals surface area (Å²) in [5.41, 5.74) is -0.332. The predicted molar refractivity (Wildman–Crippen MR) is 173 cm³/mol. The zero-order valence-corrected chi connectivity index (χ0v) is 32.3. The maximum Gasteiger partial charge on any atom is 0.296 e. The van der Waals surface area contributed by atoms with Crippen LogP contribution in [0.4, 0.5) is 17.1 Å². The zero-order chi connectivity index (χ0) is 32.2. The van der Waals surface area contributed by atoms with E-state index in [0.717, 1.165) is 12.1 Å². The van der Waals surface area contributed by atoms with Crippen LogP contribution in [0, 0.1) is 24.7 Å². The van der Waals surface area contributed by atoms with E-state index in [9.17, 15) is 44.3 Å². The third-order valence-electron chi connectivity index (χ3n) is 8.16. The van der Waals surface area contributed by atoms with Gasteiger partial charge in [0.2, 0.25) is 5.91 Å². The second-order valence-corrected chi connectivity index (χ2v) is 16.6. The Balaban J connectivity index is 0.00000288. The first-order valence-corrected chi connectivity index (χ1v) is 18.5. The van der Waals surface area contributed by atoms with E-state index in [1.165, 1.54) is 30.3 Å². The van der Waals surface area contributed by atoms with Gasteiger partial charge in [0.05, 0.1) is 11.0 Å². The Hall–Kier alpha value is -1.15. The van der Waals surface area contributed by atoms with Gasteiger partial charge in [0.25, 0.3) is 20.2 Å². The fourth-order valence-corrected chi connectivity index (χ4v) is 10.2. The van der Waals surface area contributed by atoms with Gasteiger partial charge in [0.1, 0.15) is 21.2 Å². The van der Waals surface area contributed by atoms with Crippen molar-refractivity contribution < 1.29 is 44.3 Å². The summed E-state index contributed by atoms with van der Waals surface area (Å²) in [4.78, 5) is 11.8. The Morgan fingerprint density at radius 2 is 1.59 bits per heavy atom. The molecular weight excluding hydrogens is 704 g/mol. The van der Waals surface area contributed by atoms with Crippen molar-refractivity contribution in [2.24, 2.45) is 28.0 Å². The molecule has 46 heavy (non-hydrogen) atoms. The summed E-state index contributed by atoms with van der Waals surface area (Å²) in [6.07, 6.45) is 1.67. The average molecular weight is 732 g/mol. The fraction of sp³-hybridized carbons (Fsp3) is 0.370. The summed E-state index contributed by atoms with van der Waals surface area (Å²) < 4.78 is 93.1. The van der Waals surface area contributed by atoms with Gasteiger partial charge in [-0.3, -0.25) is 13.9 Å².